The maximum Gasteiger partial charge on any atom is 0.416 e. The first-order valence-corrected chi connectivity index (χ1v) is 8.14. The number of furan rings is 1. The van der Waals surface area contributed by atoms with E-state index < -0.39 is 23.6 Å². The van der Waals surface area contributed by atoms with Gasteiger partial charge in [0, 0.05) is 5.56 Å². The van der Waals surface area contributed by atoms with E-state index in [4.69, 9.17) is 21.1 Å². The van der Waals surface area contributed by atoms with Crippen molar-refractivity contribution in [1.82, 2.24) is 0 Å². The Balaban J connectivity index is 1.84. The van der Waals surface area contributed by atoms with Crippen molar-refractivity contribution in [3.05, 3.63) is 76.5 Å². The number of nitrogens with one attached hydrogen (secondary N) is 1. The molecule has 0 spiro atoms. The molecule has 3 rings (SSSR count). The number of amides is 1. The quantitative estimate of drug-likeness (QED) is 0.590. The number of hydrogen-bond acceptors (Lipinski definition) is 3. The summed E-state index contributed by atoms with van der Waals surface area (Å²) >= 11 is 5.95. The molecule has 0 unspecified atom stereocenters. The lowest BCUT2D eigenvalue weighted by Crippen LogP contribution is -2.12. The van der Waals surface area contributed by atoms with Gasteiger partial charge in [-0.25, -0.2) is 4.79 Å². The molecule has 2 N–H and O–H groups in total. The highest BCUT2D eigenvalue weighted by molar-refractivity contribution is 6.34. The van der Waals surface area contributed by atoms with Gasteiger partial charge in [-0.3, -0.25) is 4.79 Å². The summed E-state index contributed by atoms with van der Waals surface area (Å²) in [5, 5.41) is 11.5. The summed E-state index contributed by atoms with van der Waals surface area (Å²) in [6.07, 6.45) is -4.51. The van der Waals surface area contributed by atoms with E-state index in [1.807, 2.05) is 0 Å². The van der Waals surface area contributed by atoms with Crippen LogP contribution in [0.4, 0.5) is 18.9 Å². The highest BCUT2D eigenvalue weighted by atomic mass is 35.5. The van der Waals surface area contributed by atoms with E-state index >= 15 is 0 Å². The van der Waals surface area contributed by atoms with E-state index in [2.05, 4.69) is 5.32 Å². The Morgan fingerprint density at radius 2 is 1.79 bits per heavy atom. The number of rotatable bonds is 4. The zero-order valence-corrected chi connectivity index (χ0v) is 14.6. The fraction of sp³-hybridized carbons (Fsp3) is 0.0526. The number of anilines is 1. The molecule has 1 amide bonds. The van der Waals surface area contributed by atoms with E-state index in [0.29, 0.717) is 0 Å². The molecule has 28 heavy (non-hydrogen) atoms. The average Bonchev–Trinajstić information content (AvgIpc) is 3.13. The van der Waals surface area contributed by atoms with Gasteiger partial charge in [0.1, 0.15) is 5.76 Å². The summed E-state index contributed by atoms with van der Waals surface area (Å²) in [6.45, 7) is 0. The number of aromatic carboxylic acids is 1. The van der Waals surface area contributed by atoms with Gasteiger partial charge in [0.05, 0.1) is 21.8 Å². The molecule has 9 heteroatoms. The van der Waals surface area contributed by atoms with Gasteiger partial charge < -0.3 is 14.8 Å². The second kappa shape index (κ2) is 7.40. The lowest BCUT2D eigenvalue weighted by atomic mass is 10.1. The molecule has 0 aliphatic carbocycles. The van der Waals surface area contributed by atoms with Gasteiger partial charge in [-0.2, -0.15) is 13.2 Å². The molecule has 0 atom stereocenters. The van der Waals surface area contributed by atoms with Crippen LogP contribution in [0.2, 0.25) is 5.02 Å². The molecule has 5 nitrogen and oxygen atoms in total. The largest absolute Gasteiger partial charge is 0.478 e. The molecule has 0 aliphatic rings. The van der Waals surface area contributed by atoms with Crippen LogP contribution in [0.25, 0.3) is 11.3 Å². The lowest BCUT2D eigenvalue weighted by molar-refractivity contribution is -0.137. The molecule has 0 saturated carbocycles. The van der Waals surface area contributed by atoms with E-state index in [1.54, 1.807) is 0 Å². The summed E-state index contributed by atoms with van der Waals surface area (Å²) < 4.78 is 43.9. The number of halogens is 4. The van der Waals surface area contributed by atoms with Crippen LogP contribution < -0.4 is 5.32 Å². The van der Waals surface area contributed by atoms with Crippen LogP contribution in [0.1, 0.15) is 26.5 Å². The normalized spacial score (nSPS) is 11.3. The Kier molecular flexibility index (Phi) is 5.15. The van der Waals surface area contributed by atoms with Gasteiger partial charge in [0.15, 0.2) is 5.76 Å². The first-order chi connectivity index (χ1) is 13.1. The minimum absolute atomic E-state index is 0.0589. The van der Waals surface area contributed by atoms with Gasteiger partial charge in [-0.05, 0) is 42.5 Å². The number of alkyl halides is 3. The van der Waals surface area contributed by atoms with Crippen molar-refractivity contribution in [3.8, 4) is 11.3 Å². The molecule has 1 aromatic heterocycles. The smallest absolute Gasteiger partial charge is 0.416 e. The minimum atomic E-state index is -4.51. The molecule has 0 radical (unpaired) electrons. The molecule has 0 fully saturated rings. The summed E-state index contributed by atoms with van der Waals surface area (Å²) in [7, 11) is 0. The first kappa shape index (κ1) is 19.5. The second-order valence-electron chi connectivity index (χ2n) is 5.70. The fourth-order valence-corrected chi connectivity index (χ4v) is 2.57. The summed E-state index contributed by atoms with van der Waals surface area (Å²) in [5.74, 6) is -2.04. The van der Waals surface area contributed by atoms with E-state index in [0.717, 1.165) is 12.1 Å². The van der Waals surface area contributed by atoms with Crippen molar-refractivity contribution in [1.29, 1.82) is 0 Å². The number of benzene rings is 2. The van der Waals surface area contributed by atoms with Gasteiger partial charge in [0.25, 0.3) is 5.91 Å². The third-order valence-electron chi connectivity index (χ3n) is 3.77. The number of carboxylic acids is 1. The summed E-state index contributed by atoms with van der Waals surface area (Å²) in [6, 6.07) is 10.9. The molecule has 0 aliphatic heterocycles. The first-order valence-electron chi connectivity index (χ1n) is 7.77. The van der Waals surface area contributed by atoms with Gasteiger partial charge in [0.2, 0.25) is 0 Å². The van der Waals surface area contributed by atoms with Crippen LogP contribution in [-0.2, 0) is 6.18 Å². The standard InChI is InChI=1S/C19H11ClF3NO4/c20-13-5-4-11(18(26)27)9-14(13)24-17(25)16-7-6-15(28-16)10-2-1-3-12(8-10)19(21,22)23/h1-9H,(H,24,25)(H,26,27). The van der Waals surface area contributed by atoms with Crippen molar-refractivity contribution in [3.63, 3.8) is 0 Å². The third kappa shape index (κ3) is 4.17. The van der Waals surface area contributed by atoms with Gasteiger partial charge in [-0.15, -0.1) is 0 Å². The Morgan fingerprint density at radius 3 is 2.46 bits per heavy atom. The average molecular weight is 410 g/mol. The van der Waals surface area contributed by atoms with E-state index in [-0.39, 0.29) is 33.4 Å². The van der Waals surface area contributed by atoms with Crippen LogP contribution in [0, 0.1) is 0 Å². The molecule has 2 aromatic carbocycles. The maximum absolute atomic E-state index is 12.8. The highest BCUT2D eigenvalue weighted by Crippen LogP contribution is 2.33. The van der Waals surface area contributed by atoms with Crippen LogP contribution >= 0.6 is 11.6 Å². The predicted molar refractivity (Wildman–Crippen MR) is 95.5 cm³/mol. The van der Waals surface area contributed by atoms with Crippen LogP contribution in [0.5, 0.6) is 0 Å². The van der Waals surface area contributed by atoms with E-state index in [1.165, 1.54) is 42.5 Å². The SMILES string of the molecule is O=C(O)c1ccc(Cl)c(NC(=O)c2ccc(-c3cccc(C(F)(F)F)c3)o2)c1. The van der Waals surface area contributed by atoms with Gasteiger partial charge >= 0.3 is 12.1 Å². The molecule has 0 bridgehead atoms. The van der Waals surface area contributed by atoms with Crippen LogP contribution in [0.3, 0.4) is 0 Å². The highest BCUT2D eigenvalue weighted by Gasteiger charge is 2.30. The topological polar surface area (TPSA) is 79.5 Å². The molecular formula is C19H11ClF3NO4. The lowest BCUT2D eigenvalue weighted by Gasteiger charge is -2.08. The monoisotopic (exact) mass is 409 g/mol. The number of carbonyl (C=O) groups is 2. The van der Waals surface area contributed by atoms with Gasteiger partial charge in [-0.1, -0.05) is 23.7 Å². The Bertz CT molecular complexity index is 1060. The molecule has 1 heterocycles. The zero-order valence-electron chi connectivity index (χ0n) is 13.9. The summed E-state index contributed by atoms with van der Waals surface area (Å²) in [5.41, 5.74) is -0.711. The Morgan fingerprint density at radius 1 is 1.04 bits per heavy atom. The van der Waals surface area contributed by atoms with Crippen molar-refractivity contribution in [2.24, 2.45) is 0 Å². The summed E-state index contributed by atoms with van der Waals surface area (Å²) in [4.78, 5) is 23.4. The number of carboxylic acid groups (broad SMARTS) is 1. The Hall–Kier alpha value is -3.26. The maximum atomic E-state index is 12.8. The predicted octanol–water partition coefficient (Wildman–Crippen LogP) is 5.57. The van der Waals surface area contributed by atoms with Crippen molar-refractivity contribution in [2.45, 2.75) is 6.18 Å². The minimum Gasteiger partial charge on any atom is -0.478 e. The second-order valence-corrected chi connectivity index (χ2v) is 6.10. The third-order valence-corrected chi connectivity index (χ3v) is 4.10. The molecule has 0 saturated heterocycles. The molecule has 3 aromatic rings. The van der Waals surface area contributed by atoms with Crippen LogP contribution in [-0.4, -0.2) is 17.0 Å². The van der Waals surface area contributed by atoms with Crippen molar-refractivity contribution < 1.29 is 32.3 Å². The van der Waals surface area contributed by atoms with Crippen molar-refractivity contribution >= 4 is 29.2 Å². The fourth-order valence-electron chi connectivity index (χ4n) is 2.40. The number of hydrogen-bond donors (Lipinski definition) is 2. The molecule has 144 valence electrons. The van der Waals surface area contributed by atoms with E-state index in [9.17, 15) is 22.8 Å². The van der Waals surface area contributed by atoms with Crippen molar-refractivity contribution in [2.75, 3.05) is 5.32 Å². The number of carbonyl (C=O) groups excluding carboxylic acids is 1. The molecular weight excluding hydrogens is 399 g/mol. The van der Waals surface area contributed by atoms with Crippen LogP contribution in [0.15, 0.2) is 59.0 Å². The zero-order chi connectivity index (χ0) is 20.5. The Labute approximate surface area is 161 Å².